The number of rotatable bonds is 5. The predicted molar refractivity (Wildman–Crippen MR) is 120 cm³/mol. The number of para-hydroxylation sites is 3. The lowest BCUT2D eigenvalue weighted by Gasteiger charge is -2.09. The summed E-state index contributed by atoms with van der Waals surface area (Å²) in [5.41, 5.74) is 3.59. The first kappa shape index (κ1) is 18.6. The minimum absolute atomic E-state index is 0.215. The van der Waals surface area contributed by atoms with E-state index in [1.165, 1.54) is 0 Å². The second-order valence-electron chi connectivity index (χ2n) is 6.96. The van der Waals surface area contributed by atoms with Gasteiger partial charge in [0.15, 0.2) is 5.58 Å². The standard InChI is InChI=1S/C26H18N2O3/c29-25(19-7-6-10-22(17-19)30-21-8-2-1-3-9-21)27-20-15-13-18(14-16-20)26-28-23-11-4-5-12-24(23)31-26/h1-17H,(H,27,29). The summed E-state index contributed by atoms with van der Waals surface area (Å²) in [6, 6.07) is 31.6. The van der Waals surface area contributed by atoms with Gasteiger partial charge >= 0.3 is 0 Å². The fraction of sp³-hybridized carbons (Fsp3) is 0. The molecular formula is C26H18N2O3. The van der Waals surface area contributed by atoms with E-state index in [1.54, 1.807) is 18.2 Å². The Morgan fingerprint density at radius 2 is 1.52 bits per heavy atom. The minimum Gasteiger partial charge on any atom is -0.457 e. The molecule has 0 spiro atoms. The van der Waals surface area contributed by atoms with Crippen LogP contribution in [0.5, 0.6) is 11.5 Å². The topological polar surface area (TPSA) is 64.4 Å². The second-order valence-corrected chi connectivity index (χ2v) is 6.96. The lowest BCUT2D eigenvalue weighted by molar-refractivity contribution is 0.102. The molecule has 5 aromatic rings. The first-order chi connectivity index (χ1) is 15.2. The summed E-state index contributed by atoms with van der Waals surface area (Å²) in [6.45, 7) is 0. The van der Waals surface area contributed by atoms with E-state index in [2.05, 4.69) is 10.3 Å². The van der Waals surface area contributed by atoms with Crippen molar-refractivity contribution < 1.29 is 13.9 Å². The van der Waals surface area contributed by atoms with E-state index in [4.69, 9.17) is 9.15 Å². The molecule has 1 amide bonds. The van der Waals surface area contributed by atoms with E-state index in [9.17, 15) is 4.79 Å². The van der Waals surface area contributed by atoms with Gasteiger partial charge in [-0.1, -0.05) is 36.4 Å². The van der Waals surface area contributed by atoms with Gasteiger partial charge in [-0.05, 0) is 66.7 Å². The number of anilines is 1. The number of fused-ring (bicyclic) bond motifs is 1. The Hall–Kier alpha value is -4.38. The van der Waals surface area contributed by atoms with Crippen LogP contribution >= 0.6 is 0 Å². The van der Waals surface area contributed by atoms with Crippen LogP contribution in [0, 0.1) is 0 Å². The van der Waals surface area contributed by atoms with Crippen LogP contribution in [-0.4, -0.2) is 10.9 Å². The highest BCUT2D eigenvalue weighted by molar-refractivity contribution is 6.04. The maximum Gasteiger partial charge on any atom is 0.255 e. The number of hydrogen-bond acceptors (Lipinski definition) is 4. The van der Waals surface area contributed by atoms with Crippen molar-refractivity contribution in [2.24, 2.45) is 0 Å². The van der Waals surface area contributed by atoms with Gasteiger partial charge in [0.2, 0.25) is 5.89 Å². The Balaban J connectivity index is 1.30. The van der Waals surface area contributed by atoms with Crippen molar-refractivity contribution in [1.29, 1.82) is 0 Å². The van der Waals surface area contributed by atoms with Crippen LogP contribution in [0.3, 0.4) is 0 Å². The summed E-state index contributed by atoms with van der Waals surface area (Å²) < 4.78 is 11.6. The molecule has 5 heteroatoms. The zero-order valence-electron chi connectivity index (χ0n) is 16.5. The summed E-state index contributed by atoms with van der Waals surface area (Å²) in [6.07, 6.45) is 0. The molecule has 0 aliphatic carbocycles. The summed E-state index contributed by atoms with van der Waals surface area (Å²) in [7, 11) is 0. The van der Waals surface area contributed by atoms with Crippen molar-refractivity contribution in [3.05, 3.63) is 109 Å². The first-order valence-corrected chi connectivity index (χ1v) is 9.85. The molecule has 5 nitrogen and oxygen atoms in total. The van der Waals surface area contributed by atoms with Crippen molar-refractivity contribution in [3.8, 4) is 23.0 Å². The van der Waals surface area contributed by atoms with E-state index < -0.39 is 0 Å². The van der Waals surface area contributed by atoms with E-state index >= 15 is 0 Å². The highest BCUT2D eigenvalue weighted by atomic mass is 16.5. The fourth-order valence-electron chi connectivity index (χ4n) is 3.22. The summed E-state index contributed by atoms with van der Waals surface area (Å²) >= 11 is 0. The zero-order chi connectivity index (χ0) is 21.0. The van der Waals surface area contributed by atoms with E-state index in [-0.39, 0.29) is 5.91 Å². The second kappa shape index (κ2) is 8.16. The summed E-state index contributed by atoms with van der Waals surface area (Å²) in [5, 5.41) is 2.91. The highest BCUT2D eigenvalue weighted by Crippen LogP contribution is 2.26. The predicted octanol–water partition coefficient (Wildman–Crippen LogP) is 6.54. The molecule has 1 aromatic heterocycles. The molecule has 0 saturated carbocycles. The van der Waals surface area contributed by atoms with Gasteiger partial charge < -0.3 is 14.5 Å². The molecule has 0 radical (unpaired) electrons. The molecule has 4 aromatic carbocycles. The lowest BCUT2D eigenvalue weighted by atomic mass is 10.1. The molecule has 0 aliphatic rings. The van der Waals surface area contributed by atoms with Crippen LogP contribution in [0.4, 0.5) is 5.69 Å². The number of benzene rings is 4. The van der Waals surface area contributed by atoms with Crippen molar-refractivity contribution >= 4 is 22.7 Å². The molecule has 1 N–H and O–H groups in total. The summed E-state index contributed by atoms with van der Waals surface area (Å²) in [4.78, 5) is 17.2. The van der Waals surface area contributed by atoms with Crippen LogP contribution in [0.25, 0.3) is 22.6 Å². The van der Waals surface area contributed by atoms with Crippen molar-refractivity contribution in [1.82, 2.24) is 4.98 Å². The maximum atomic E-state index is 12.7. The Bertz CT molecular complexity index is 1310. The number of carbonyl (C=O) groups is 1. The van der Waals surface area contributed by atoms with Gasteiger partial charge in [-0.15, -0.1) is 0 Å². The van der Waals surface area contributed by atoms with Crippen molar-refractivity contribution in [2.75, 3.05) is 5.32 Å². The van der Waals surface area contributed by atoms with Gasteiger partial charge in [0.1, 0.15) is 17.0 Å². The van der Waals surface area contributed by atoms with Gasteiger partial charge in [0.05, 0.1) is 0 Å². The molecule has 1 heterocycles. The van der Waals surface area contributed by atoms with Crippen molar-refractivity contribution in [3.63, 3.8) is 0 Å². The Morgan fingerprint density at radius 3 is 2.32 bits per heavy atom. The molecule has 0 unspecified atom stereocenters. The number of nitrogens with zero attached hydrogens (tertiary/aromatic N) is 1. The number of amides is 1. The quantitative estimate of drug-likeness (QED) is 0.360. The normalized spacial score (nSPS) is 10.7. The van der Waals surface area contributed by atoms with Crippen LogP contribution in [0.1, 0.15) is 10.4 Å². The number of ether oxygens (including phenoxy) is 1. The molecule has 0 aliphatic heterocycles. The van der Waals surface area contributed by atoms with Crippen LogP contribution in [-0.2, 0) is 0 Å². The highest BCUT2D eigenvalue weighted by Gasteiger charge is 2.10. The summed E-state index contributed by atoms with van der Waals surface area (Å²) in [5.74, 6) is 1.65. The van der Waals surface area contributed by atoms with Gasteiger partial charge in [-0.3, -0.25) is 4.79 Å². The van der Waals surface area contributed by atoms with Crippen LogP contribution in [0.15, 0.2) is 108 Å². The van der Waals surface area contributed by atoms with Gasteiger partial charge in [0, 0.05) is 16.8 Å². The average molecular weight is 406 g/mol. The third-order valence-corrected chi connectivity index (χ3v) is 4.76. The van der Waals surface area contributed by atoms with Gasteiger partial charge in [-0.25, -0.2) is 4.98 Å². The monoisotopic (exact) mass is 406 g/mol. The number of aromatic nitrogens is 1. The van der Waals surface area contributed by atoms with E-state index in [1.807, 2.05) is 84.9 Å². The SMILES string of the molecule is O=C(Nc1ccc(-c2nc3ccccc3o2)cc1)c1cccc(Oc2ccccc2)c1. The third kappa shape index (κ3) is 4.16. The van der Waals surface area contributed by atoms with Crippen molar-refractivity contribution in [2.45, 2.75) is 0 Å². The van der Waals surface area contributed by atoms with Gasteiger partial charge in [-0.2, -0.15) is 0 Å². The number of carbonyl (C=O) groups excluding carboxylic acids is 1. The molecule has 0 saturated heterocycles. The molecule has 0 atom stereocenters. The molecule has 0 fully saturated rings. The molecule has 150 valence electrons. The zero-order valence-corrected chi connectivity index (χ0v) is 16.5. The minimum atomic E-state index is -0.215. The molecule has 5 rings (SSSR count). The molecular weight excluding hydrogens is 388 g/mol. The van der Waals surface area contributed by atoms with Gasteiger partial charge in [0.25, 0.3) is 5.91 Å². The first-order valence-electron chi connectivity index (χ1n) is 9.85. The van der Waals surface area contributed by atoms with E-state index in [0.29, 0.717) is 22.9 Å². The average Bonchev–Trinajstić information content (AvgIpc) is 3.25. The fourth-order valence-corrected chi connectivity index (χ4v) is 3.22. The number of hydrogen-bond donors (Lipinski definition) is 1. The largest absolute Gasteiger partial charge is 0.457 e. The number of oxazole rings is 1. The Morgan fingerprint density at radius 1 is 0.774 bits per heavy atom. The number of nitrogens with one attached hydrogen (secondary N) is 1. The molecule has 0 bridgehead atoms. The smallest absolute Gasteiger partial charge is 0.255 e. The maximum absolute atomic E-state index is 12.7. The van der Waals surface area contributed by atoms with Crippen LogP contribution in [0.2, 0.25) is 0 Å². The third-order valence-electron chi connectivity index (χ3n) is 4.76. The Kier molecular flexibility index (Phi) is 4.91. The van der Waals surface area contributed by atoms with E-state index in [0.717, 1.165) is 22.4 Å². The lowest BCUT2D eigenvalue weighted by Crippen LogP contribution is -2.11. The molecule has 31 heavy (non-hydrogen) atoms. The van der Waals surface area contributed by atoms with Crippen LogP contribution < -0.4 is 10.1 Å². The Labute approximate surface area is 178 Å².